The van der Waals surface area contributed by atoms with Crippen LogP contribution in [0.4, 0.5) is 0 Å². The SMILES string of the molecule is CNC(c1ccc2cc(Br)ccc2c1)c1ccc(Cl)s1. The summed E-state index contributed by atoms with van der Waals surface area (Å²) in [6, 6.07) is 17.1. The van der Waals surface area contributed by atoms with Gasteiger partial charge in [0.1, 0.15) is 0 Å². The van der Waals surface area contributed by atoms with Gasteiger partial charge in [-0.15, -0.1) is 11.3 Å². The van der Waals surface area contributed by atoms with Gasteiger partial charge in [-0.05, 0) is 53.7 Å². The molecule has 102 valence electrons. The van der Waals surface area contributed by atoms with Crippen molar-refractivity contribution >= 4 is 49.6 Å². The van der Waals surface area contributed by atoms with Crippen molar-refractivity contribution in [2.24, 2.45) is 0 Å². The number of benzene rings is 2. The highest BCUT2D eigenvalue weighted by Crippen LogP contribution is 2.32. The molecular formula is C16H13BrClNS. The summed E-state index contributed by atoms with van der Waals surface area (Å²) in [5.74, 6) is 0. The van der Waals surface area contributed by atoms with Crippen molar-refractivity contribution in [2.45, 2.75) is 6.04 Å². The van der Waals surface area contributed by atoms with Gasteiger partial charge in [0.05, 0.1) is 10.4 Å². The first-order valence-electron chi connectivity index (χ1n) is 6.29. The van der Waals surface area contributed by atoms with E-state index in [9.17, 15) is 0 Å². The van der Waals surface area contributed by atoms with E-state index in [1.807, 2.05) is 13.1 Å². The van der Waals surface area contributed by atoms with Crippen molar-refractivity contribution < 1.29 is 0 Å². The van der Waals surface area contributed by atoms with E-state index in [-0.39, 0.29) is 6.04 Å². The minimum atomic E-state index is 0.181. The fraction of sp³-hybridized carbons (Fsp3) is 0.125. The van der Waals surface area contributed by atoms with Crippen LogP contribution in [0.25, 0.3) is 10.8 Å². The molecule has 1 atom stereocenters. The molecule has 1 nitrogen and oxygen atoms in total. The van der Waals surface area contributed by atoms with Crippen LogP contribution in [0.1, 0.15) is 16.5 Å². The third-order valence-corrected chi connectivity index (χ3v) is 5.12. The molecule has 0 aliphatic heterocycles. The van der Waals surface area contributed by atoms with Gasteiger partial charge in [0.25, 0.3) is 0 Å². The van der Waals surface area contributed by atoms with Crippen LogP contribution in [-0.4, -0.2) is 7.05 Å². The predicted molar refractivity (Wildman–Crippen MR) is 91.9 cm³/mol. The normalized spacial score (nSPS) is 12.8. The highest BCUT2D eigenvalue weighted by Gasteiger charge is 2.14. The van der Waals surface area contributed by atoms with Gasteiger partial charge in [-0.3, -0.25) is 0 Å². The summed E-state index contributed by atoms with van der Waals surface area (Å²) in [5, 5.41) is 5.85. The van der Waals surface area contributed by atoms with E-state index in [2.05, 4.69) is 63.7 Å². The first-order chi connectivity index (χ1) is 9.67. The molecule has 0 aliphatic rings. The largest absolute Gasteiger partial charge is 0.309 e. The van der Waals surface area contributed by atoms with Crippen LogP contribution in [0.5, 0.6) is 0 Å². The van der Waals surface area contributed by atoms with Gasteiger partial charge < -0.3 is 5.32 Å². The molecule has 20 heavy (non-hydrogen) atoms. The Morgan fingerprint density at radius 1 is 1.05 bits per heavy atom. The van der Waals surface area contributed by atoms with E-state index < -0.39 is 0 Å². The second-order valence-corrected chi connectivity index (χ2v) is 7.28. The smallest absolute Gasteiger partial charge is 0.0931 e. The standard InChI is InChI=1S/C16H13BrClNS/c1-19-16(14-6-7-15(18)20-14)12-3-2-11-9-13(17)5-4-10(11)8-12/h2-9,16,19H,1H3. The number of halogens is 2. The topological polar surface area (TPSA) is 12.0 Å². The van der Waals surface area contributed by atoms with E-state index in [1.54, 1.807) is 11.3 Å². The maximum absolute atomic E-state index is 6.05. The fourth-order valence-electron chi connectivity index (χ4n) is 2.37. The number of rotatable bonds is 3. The van der Waals surface area contributed by atoms with E-state index in [0.717, 1.165) is 8.81 Å². The lowest BCUT2D eigenvalue weighted by molar-refractivity contribution is 0.705. The zero-order chi connectivity index (χ0) is 14.1. The van der Waals surface area contributed by atoms with Crippen molar-refractivity contribution in [1.29, 1.82) is 0 Å². The Morgan fingerprint density at radius 3 is 2.50 bits per heavy atom. The molecule has 1 heterocycles. The minimum absolute atomic E-state index is 0.181. The lowest BCUT2D eigenvalue weighted by atomic mass is 10.0. The van der Waals surface area contributed by atoms with Crippen LogP contribution in [0.3, 0.4) is 0 Å². The molecule has 0 amide bonds. The summed E-state index contributed by atoms with van der Waals surface area (Å²) in [7, 11) is 1.98. The molecule has 1 aromatic heterocycles. The highest BCUT2D eigenvalue weighted by molar-refractivity contribution is 9.10. The van der Waals surface area contributed by atoms with Crippen molar-refractivity contribution in [2.75, 3.05) is 7.05 Å². The number of hydrogen-bond donors (Lipinski definition) is 1. The quantitative estimate of drug-likeness (QED) is 0.634. The summed E-state index contributed by atoms with van der Waals surface area (Å²) in [6.07, 6.45) is 0. The van der Waals surface area contributed by atoms with E-state index in [0.29, 0.717) is 0 Å². The van der Waals surface area contributed by atoms with Crippen LogP contribution in [0, 0.1) is 0 Å². The third-order valence-electron chi connectivity index (χ3n) is 3.33. The predicted octanol–water partition coefficient (Wildman–Crippen LogP) is 5.63. The third kappa shape index (κ3) is 2.77. The van der Waals surface area contributed by atoms with Crippen molar-refractivity contribution in [3.05, 3.63) is 67.8 Å². The maximum atomic E-state index is 6.05. The molecule has 3 aromatic rings. The van der Waals surface area contributed by atoms with Crippen LogP contribution in [0.15, 0.2) is 53.0 Å². The van der Waals surface area contributed by atoms with Gasteiger partial charge in [0.15, 0.2) is 0 Å². The molecule has 0 saturated heterocycles. The summed E-state index contributed by atoms with van der Waals surface area (Å²) in [5.41, 5.74) is 1.25. The van der Waals surface area contributed by atoms with Crippen molar-refractivity contribution in [3.63, 3.8) is 0 Å². The van der Waals surface area contributed by atoms with Crippen LogP contribution >= 0.6 is 38.9 Å². The highest BCUT2D eigenvalue weighted by atomic mass is 79.9. The lowest BCUT2D eigenvalue weighted by Gasteiger charge is -2.15. The first kappa shape index (κ1) is 14.1. The molecule has 0 bridgehead atoms. The molecule has 4 heteroatoms. The van der Waals surface area contributed by atoms with E-state index in [1.165, 1.54) is 21.2 Å². The lowest BCUT2D eigenvalue weighted by Crippen LogP contribution is -2.16. The van der Waals surface area contributed by atoms with E-state index in [4.69, 9.17) is 11.6 Å². The van der Waals surface area contributed by atoms with E-state index >= 15 is 0 Å². The minimum Gasteiger partial charge on any atom is -0.309 e. The van der Waals surface area contributed by atoms with Crippen LogP contribution < -0.4 is 5.32 Å². The van der Waals surface area contributed by atoms with Crippen molar-refractivity contribution in [1.82, 2.24) is 5.32 Å². The zero-order valence-electron chi connectivity index (χ0n) is 10.9. The Bertz CT molecular complexity index is 753. The second-order valence-electron chi connectivity index (χ2n) is 4.61. The zero-order valence-corrected chi connectivity index (χ0v) is 14.0. The second kappa shape index (κ2) is 5.86. The Hall–Kier alpha value is -0.870. The number of hydrogen-bond acceptors (Lipinski definition) is 2. The summed E-state index contributed by atoms with van der Waals surface area (Å²) < 4.78 is 1.93. The molecule has 0 radical (unpaired) electrons. The molecule has 0 fully saturated rings. The van der Waals surface area contributed by atoms with Crippen LogP contribution in [-0.2, 0) is 0 Å². The molecule has 1 N–H and O–H groups in total. The van der Waals surface area contributed by atoms with Gasteiger partial charge in [-0.25, -0.2) is 0 Å². The molecular weight excluding hydrogens is 354 g/mol. The average Bonchev–Trinajstić information content (AvgIpc) is 2.86. The Balaban J connectivity index is 2.05. The van der Waals surface area contributed by atoms with Gasteiger partial charge in [-0.2, -0.15) is 0 Å². The molecule has 3 rings (SSSR count). The number of thiophene rings is 1. The fourth-order valence-corrected chi connectivity index (χ4v) is 3.95. The monoisotopic (exact) mass is 365 g/mol. The Kier molecular flexibility index (Phi) is 4.13. The molecule has 0 saturated carbocycles. The molecule has 0 spiro atoms. The van der Waals surface area contributed by atoms with Gasteiger partial charge in [0.2, 0.25) is 0 Å². The molecule has 0 aliphatic carbocycles. The maximum Gasteiger partial charge on any atom is 0.0931 e. The van der Waals surface area contributed by atoms with Gasteiger partial charge in [0, 0.05) is 9.35 Å². The molecule has 1 unspecified atom stereocenters. The number of fused-ring (bicyclic) bond motifs is 1. The van der Waals surface area contributed by atoms with Gasteiger partial charge >= 0.3 is 0 Å². The first-order valence-corrected chi connectivity index (χ1v) is 8.28. The molecule has 2 aromatic carbocycles. The average molecular weight is 367 g/mol. The number of nitrogens with one attached hydrogen (secondary N) is 1. The van der Waals surface area contributed by atoms with Gasteiger partial charge in [-0.1, -0.05) is 45.7 Å². The Morgan fingerprint density at radius 2 is 1.80 bits per heavy atom. The summed E-state index contributed by atoms with van der Waals surface area (Å²) in [6.45, 7) is 0. The van der Waals surface area contributed by atoms with Crippen LogP contribution in [0.2, 0.25) is 4.34 Å². The Labute approximate surface area is 135 Å². The summed E-state index contributed by atoms with van der Waals surface area (Å²) >= 11 is 11.2. The van der Waals surface area contributed by atoms with Crippen molar-refractivity contribution in [3.8, 4) is 0 Å². The summed E-state index contributed by atoms with van der Waals surface area (Å²) in [4.78, 5) is 1.23.